The molecule has 0 heterocycles. The van der Waals surface area contributed by atoms with Crippen LogP contribution in [0, 0.1) is 46.3 Å². The summed E-state index contributed by atoms with van der Waals surface area (Å²) in [4.78, 5) is 12.4. The third-order valence-electron chi connectivity index (χ3n) is 11.8. The fourth-order valence-electron chi connectivity index (χ4n) is 9.69. The van der Waals surface area contributed by atoms with Crippen molar-refractivity contribution in [2.45, 2.75) is 150 Å². The summed E-state index contributed by atoms with van der Waals surface area (Å²) in [6, 6.07) is 0. The first kappa shape index (κ1) is 28.2. The topological polar surface area (TPSA) is 26.3 Å². The lowest BCUT2D eigenvalue weighted by Crippen LogP contribution is -2.51. The highest BCUT2D eigenvalue weighted by molar-refractivity contribution is 5.69. The first-order valence-corrected chi connectivity index (χ1v) is 16.1. The maximum atomic E-state index is 12.4. The van der Waals surface area contributed by atoms with E-state index < -0.39 is 0 Å². The van der Waals surface area contributed by atoms with Crippen molar-refractivity contribution in [3.63, 3.8) is 0 Å². The van der Waals surface area contributed by atoms with Crippen LogP contribution in [0.3, 0.4) is 0 Å². The molecule has 206 valence electrons. The fourth-order valence-corrected chi connectivity index (χ4v) is 9.69. The Labute approximate surface area is 223 Å². The zero-order valence-electron chi connectivity index (χ0n) is 24.7. The van der Waals surface area contributed by atoms with E-state index in [1.54, 1.807) is 5.57 Å². The summed E-state index contributed by atoms with van der Waals surface area (Å²) >= 11 is 0. The predicted molar refractivity (Wildman–Crippen MR) is 152 cm³/mol. The number of esters is 1. The summed E-state index contributed by atoms with van der Waals surface area (Å²) in [5.74, 6) is 5.34. The molecule has 0 aromatic rings. The molecule has 0 N–H and O–H groups in total. The fraction of sp³-hybridized carbons (Fsp3) is 0.912. The molecule has 4 rings (SSSR count). The Morgan fingerprint density at radius 3 is 2.53 bits per heavy atom. The van der Waals surface area contributed by atoms with Gasteiger partial charge < -0.3 is 4.74 Å². The van der Waals surface area contributed by atoms with Gasteiger partial charge in [-0.25, -0.2) is 0 Å². The van der Waals surface area contributed by atoms with Gasteiger partial charge in [-0.1, -0.05) is 91.7 Å². The maximum Gasteiger partial charge on any atom is 0.306 e. The highest BCUT2D eigenvalue weighted by Gasteiger charge is 2.59. The first-order valence-electron chi connectivity index (χ1n) is 16.1. The lowest BCUT2D eigenvalue weighted by atomic mass is 9.47. The van der Waals surface area contributed by atoms with Crippen LogP contribution in [0.4, 0.5) is 0 Å². The normalized spacial score (nSPS) is 38.6. The Morgan fingerprint density at radius 1 is 0.972 bits per heavy atom. The molecule has 0 amide bonds. The predicted octanol–water partition coefficient (Wildman–Crippen LogP) is 9.91. The van der Waals surface area contributed by atoms with E-state index in [0.717, 1.165) is 61.2 Å². The molecule has 36 heavy (non-hydrogen) atoms. The Morgan fingerprint density at radius 2 is 1.78 bits per heavy atom. The summed E-state index contributed by atoms with van der Waals surface area (Å²) in [5, 5.41) is 0. The zero-order chi connectivity index (χ0) is 25.9. The second kappa shape index (κ2) is 11.9. The van der Waals surface area contributed by atoms with Crippen LogP contribution in [0.15, 0.2) is 11.6 Å². The monoisotopic (exact) mass is 498 g/mol. The number of hydrogen-bond donors (Lipinski definition) is 0. The second-order valence-electron chi connectivity index (χ2n) is 14.5. The molecule has 0 bridgehead atoms. The molecule has 3 fully saturated rings. The highest BCUT2D eigenvalue weighted by Crippen LogP contribution is 2.67. The molecule has 0 aromatic heterocycles. The van der Waals surface area contributed by atoms with E-state index in [1.165, 1.54) is 70.6 Å². The van der Waals surface area contributed by atoms with Gasteiger partial charge in [0, 0.05) is 12.8 Å². The van der Waals surface area contributed by atoms with Gasteiger partial charge in [0.2, 0.25) is 0 Å². The lowest BCUT2D eigenvalue weighted by molar-refractivity contribution is -0.151. The number of carbonyl (C=O) groups excluding carboxylic acids is 1. The molecule has 0 aromatic carbocycles. The minimum atomic E-state index is 0.0435. The SMILES string of the molecule is CCCCCCC(=O)O[C@H]1CC[C@@]2(C)C(=CC[C@H]3[C@@H]4CC[C@H]([C@@H](C)CCCC(C)C)[C@@]4(C)CC[C@@H]32)C1. The molecule has 2 heteroatoms. The van der Waals surface area contributed by atoms with Crippen molar-refractivity contribution in [1.82, 2.24) is 0 Å². The number of rotatable bonds is 11. The van der Waals surface area contributed by atoms with Crippen molar-refractivity contribution >= 4 is 5.97 Å². The third-order valence-corrected chi connectivity index (χ3v) is 11.8. The van der Waals surface area contributed by atoms with E-state index in [1.807, 2.05) is 0 Å². The number of allylic oxidation sites excluding steroid dienone is 1. The number of fused-ring (bicyclic) bond motifs is 5. The Kier molecular flexibility index (Phi) is 9.36. The largest absolute Gasteiger partial charge is 0.462 e. The zero-order valence-corrected chi connectivity index (χ0v) is 24.7. The van der Waals surface area contributed by atoms with Crippen molar-refractivity contribution in [3.05, 3.63) is 11.6 Å². The summed E-state index contributed by atoms with van der Waals surface area (Å²) in [6.07, 6.45) is 22.5. The van der Waals surface area contributed by atoms with Crippen molar-refractivity contribution < 1.29 is 9.53 Å². The molecule has 0 saturated heterocycles. The summed E-state index contributed by atoms with van der Waals surface area (Å²) in [7, 11) is 0. The van der Waals surface area contributed by atoms with Crippen molar-refractivity contribution in [2.75, 3.05) is 0 Å². The Hall–Kier alpha value is -0.790. The van der Waals surface area contributed by atoms with Gasteiger partial charge in [0.25, 0.3) is 0 Å². The number of ether oxygens (including phenoxy) is 1. The van der Waals surface area contributed by atoms with Crippen LogP contribution in [-0.2, 0) is 9.53 Å². The van der Waals surface area contributed by atoms with Crippen molar-refractivity contribution in [3.8, 4) is 0 Å². The van der Waals surface area contributed by atoms with Crippen molar-refractivity contribution in [1.29, 1.82) is 0 Å². The average molecular weight is 499 g/mol. The van der Waals surface area contributed by atoms with E-state index in [0.29, 0.717) is 17.3 Å². The van der Waals surface area contributed by atoms with Crippen LogP contribution in [0.25, 0.3) is 0 Å². The minimum Gasteiger partial charge on any atom is -0.462 e. The third kappa shape index (κ3) is 5.78. The van der Waals surface area contributed by atoms with Crippen LogP contribution < -0.4 is 0 Å². The molecule has 2 nitrogen and oxygen atoms in total. The van der Waals surface area contributed by atoms with E-state index >= 15 is 0 Å². The van der Waals surface area contributed by atoms with Crippen LogP contribution in [0.5, 0.6) is 0 Å². The quantitative estimate of drug-likeness (QED) is 0.161. The number of unbranched alkanes of at least 4 members (excludes halogenated alkanes) is 3. The van der Waals surface area contributed by atoms with Crippen molar-refractivity contribution in [2.24, 2.45) is 46.3 Å². The Bertz CT molecular complexity index is 767. The molecule has 4 aliphatic rings. The molecule has 0 unspecified atom stereocenters. The minimum absolute atomic E-state index is 0.0435. The van der Waals surface area contributed by atoms with E-state index in [9.17, 15) is 4.79 Å². The highest BCUT2D eigenvalue weighted by atomic mass is 16.5. The van der Waals surface area contributed by atoms with E-state index in [4.69, 9.17) is 4.74 Å². The summed E-state index contributed by atoms with van der Waals surface area (Å²) in [5.41, 5.74) is 2.54. The maximum absolute atomic E-state index is 12.4. The summed E-state index contributed by atoms with van der Waals surface area (Å²) < 4.78 is 5.99. The van der Waals surface area contributed by atoms with Crippen LogP contribution in [-0.4, -0.2) is 12.1 Å². The standard InChI is InChI=1S/C34H58O2/c1-7-8-9-10-14-32(35)36-27-19-21-33(5)26(23-27)15-16-28-30-18-17-29(25(4)13-11-12-24(2)3)34(30,6)22-20-31(28)33/h15,24-25,27-31H,7-14,16-23H2,1-6H3/t25-,27-,28-,29+,30-,31-,33-,34+/m0/s1. The van der Waals surface area contributed by atoms with Gasteiger partial charge in [0.15, 0.2) is 0 Å². The smallest absolute Gasteiger partial charge is 0.306 e. The number of carbonyl (C=O) groups is 1. The molecule has 3 saturated carbocycles. The number of hydrogen-bond acceptors (Lipinski definition) is 2. The molecule has 4 aliphatic carbocycles. The van der Waals surface area contributed by atoms with Gasteiger partial charge in [0.05, 0.1) is 0 Å². The molecule has 0 radical (unpaired) electrons. The van der Waals surface area contributed by atoms with E-state index in [-0.39, 0.29) is 12.1 Å². The van der Waals surface area contributed by atoms with Crippen LogP contribution in [0.1, 0.15) is 144 Å². The molecular weight excluding hydrogens is 440 g/mol. The lowest BCUT2D eigenvalue weighted by Gasteiger charge is -2.58. The average Bonchev–Trinajstić information content (AvgIpc) is 3.19. The van der Waals surface area contributed by atoms with Gasteiger partial charge in [-0.2, -0.15) is 0 Å². The van der Waals surface area contributed by atoms with Gasteiger partial charge in [-0.05, 0) is 97.7 Å². The Balaban J connectivity index is 1.36. The van der Waals surface area contributed by atoms with E-state index in [2.05, 4.69) is 47.6 Å². The second-order valence-corrected chi connectivity index (χ2v) is 14.5. The van der Waals surface area contributed by atoms with Gasteiger partial charge in [-0.15, -0.1) is 0 Å². The molecule has 0 aliphatic heterocycles. The van der Waals surface area contributed by atoms with Gasteiger partial charge in [-0.3, -0.25) is 4.79 Å². The summed E-state index contributed by atoms with van der Waals surface area (Å²) in [6.45, 7) is 14.8. The molecule has 0 spiro atoms. The van der Waals surface area contributed by atoms with Crippen LogP contribution in [0.2, 0.25) is 0 Å². The van der Waals surface area contributed by atoms with Crippen LogP contribution >= 0.6 is 0 Å². The molecule has 8 atom stereocenters. The first-order chi connectivity index (χ1) is 17.2. The molecular formula is C34H58O2. The van der Waals surface area contributed by atoms with Gasteiger partial charge in [0.1, 0.15) is 6.10 Å². The van der Waals surface area contributed by atoms with Gasteiger partial charge >= 0.3 is 5.97 Å².